The maximum Gasteiger partial charge on any atom is 0.253 e. The van der Waals surface area contributed by atoms with Crippen LogP contribution in [0.15, 0.2) is 30.5 Å². The Labute approximate surface area is 185 Å². The summed E-state index contributed by atoms with van der Waals surface area (Å²) in [5, 5.41) is 7.43. The Morgan fingerprint density at radius 1 is 1.03 bits per heavy atom. The van der Waals surface area contributed by atoms with Crippen molar-refractivity contribution in [1.29, 1.82) is 0 Å². The molecule has 2 fully saturated rings. The highest BCUT2D eigenvalue weighted by Crippen LogP contribution is 2.30. The van der Waals surface area contributed by atoms with Gasteiger partial charge >= 0.3 is 0 Å². The van der Waals surface area contributed by atoms with Gasteiger partial charge < -0.3 is 15.1 Å². The molecule has 0 saturated carbocycles. The van der Waals surface area contributed by atoms with Crippen molar-refractivity contribution >= 4 is 23.2 Å². The second kappa shape index (κ2) is 10.7. The third-order valence-corrected chi connectivity index (χ3v) is 7.24. The van der Waals surface area contributed by atoms with Gasteiger partial charge in [-0.2, -0.15) is 0 Å². The first-order valence-electron chi connectivity index (χ1n) is 11.6. The number of rotatable bonds is 6. The molecule has 30 heavy (non-hydrogen) atoms. The van der Waals surface area contributed by atoms with E-state index in [1.54, 1.807) is 0 Å². The molecule has 164 valence electrons. The van der Waals surface area contributed by atoms with Gasteiger partial charge in [0.1, 0.15) is 0 Å². The van der Waals surface area contributed by atoms with Crippen LogP contribution in [-0.4, -0.2) is 50.2 Å². The number of anilines is 1. The van der Waals surface area contributed by atoms with E-state index in [1.807, 2.05) is 29.3 Å². The fraction of sp³-hybridized carbons (Fsp3) is 0.625. The van der Waals surface area contributed by atoms with Gasteiger partial charge in [-0.25, -0.2) is 0 Å². The van der Waals surface area contributed by atoms with E-state index >= 15 is 0 Å². The van der Waals surface area contributed by atoms with Crippen molar-refractivity contribution in [1.82, 2.24) is 15.5 Å². The zero-order valence-electron chi connectivity index (χ0n) is 17.9. The molecule has 5 nitrogen and oxygen atoms in total. The van der Waals surface area contributed by atoms with Crippen molar-refractivity contribution in [3.8, 4) is 0 Å². The molecule has 3 aliphatic heterocycles. The monoisotopic (exact) mass is 430 g/mol. The summed E-state index contributed by atoms with van der Waals surface area (Å²) in [5.41, 5.74) is 1.62. The van der Waals surface area contributed by atoms with Crippen LogP contribution in [0.1, 0.15) is 55.3 Å². The van der Waals surface area contributed by atoms with Crippen LogP contribution in [0.3, 0.4) is 0 Å². The quantitative estimate of drug-likeness (QED) is 0.708. The van der Waals surface area contributed by atoms with Crippen LogP contribution in [0.25, 0.3) is 0 Å². The van der Waals surface area contributed by atoms with E-state index in [2.05, 4.69) is 21.6 Å². The van der Waals surface area contributed by atoms with Crippen molar-refractivity contribution < 1.29 is 4.79 Å². The minimum absolute atomic E-state index is 0.134. The molecule has 0 atom stereocenters. The number of hydrogen-bond donors (Lipinski definition) is 2. The first-order valence-corrected chi connectivity index (χ1v) is 12.0. The zero-order chi connectivity index (χ0) is 20.8. The number of piperidine rings is 2. The molecule has 0 radical (unpaired) electrons. The highest BCUT2D eigenvalue weighted by Gasteiger charge is 2.25. The first-order chi connectivity index (χ1) is 14.7. The van der Waals surface area contributed by atoms with E-state index in [4.69, 9.17) is 11.6 Å². The van der Waals surface area contributed by atoms with Crippen LogP contribution in [-0.2, 0) is 0 Å². The smallest absolute Gasteiger partial charge is 0.253 e. The molecule has 2 saturated heterocycles. The Hall–Kier alpha value is -1.56. The molecule has 0 unspecified atom stereocenters. The Kier molecular flexibility index (Phi) is 7.69. The molecular weight excluding hydrogens is 396 g/mol. The van der Waals surface area contributed by atoms with Crippen LogP contribution in [0, 0.1) is 11.8 Å². The highest BCUT2D eigenvalue weighted by atomic mass is 35.5. The van der Waals surface area contributed by atoms with Crippen molar-refractivity contribution in [2.24, 2.45) is 11.8 Å². The van der Waals surface area contributed by atoms with Crippen molar-refractivity contribution in [3.05, 3.63) is 41.1 Å². The second-order valence-corrected chi connectivity index (χ2v) is 9.40. The van der Waals surface area contributed by atoms with Gasteiger partial charge in [-0.05, 0) is 68.8 Å². The number of hydrogen-bond acceptors (Lipinski definition) is 4. The minimum atomic E-state index is 0.134. The van der Waals surface area contributed by atoms with Crippen LogP contribution >= 0.6 is 11.6 Å². The molecule has 0 bridgehead atoms. The summed E-state index contributed by atoms with van der Waals surface area (Å²) in [7, 11) is 0. The Morgan fingerprint density at radius 3 is 2.47 bits per heavy atom. The van der Waals surface area contributed by atoms with Gasteiger partial charge in [-0.1, -0.05) is 36.9 Å². The van der Waals surface area contributed by atoms with Crippen molar-refractivity contribution in [3.63, 3.8) is 0 Å². The fourth-order valence-electron chi connectivity index (χ4n) is 5.01. The Balaban J connectivity index is 1.27. The minimum Gasteiger partial charge on any atom is -0.339 e. The molecular formula is C24H35ClN4O. The topological polar surface area (TPSA) is 47.6 Å². The van der Waals surface area contributed by atoms with E-state index in [0.29, 0.717) is 11.7 Å². The molecule has 3 aliphatic rings. The number of nitrogens with zero attached hydrogens (tertiary/aromatic N) is 2. The summed E-state index contributed by atoms with van der Waals surface area (Å²) in [6, 6.07) is 5.65. The Bertz CT molecular complexity index is 739. The average molecular weight is 431 g/mol. The second-order valence-electron chi connectivity index (χ2n) is 8.99. The van der Waals surface area contributed by atoms with E-state index in [-0.39, 0.29) is 5.91 Å². The van der Waals surface area contributed by atoms with Gasteiger partial charge in [-0.15, -0.1) is 0 Å². The van der Waals surface area contributed by atoms with E-state index in [0.717, 1.165) is 55.6 Å². The van der Waals surface area contributed by atoms with Gasteiger partial charge in [0, 0.05) is 31.4 Å². The number of nitrogens with one attached hydrogen (secondary N) is 2. The molecule has 2 N–H and O–H groups in total. The lowest BCUT2D eigenvalue weighted by atomic mass is 9.87. The van der Waals surface area contributed by atoms with E-state index in [9.17, 15) is 4.79 Å². The van der Waals surface area contributed by atoms with E-state index < -0.39 is 0 Å². The lowest BCUT2D eigenvalue weighted by Crippen LogP contribution is -2.38. The number of carbonyl (C=O) groups excluding carboxylic acids is 1. The average Bonchev–Trinajstić information content (AvgIpc) is 2.81. The first kappa shape index (κ1) is 21.7. The summed E-state index contributed by atoms with van der Waals surface area (Å²) >= 11 is 6.41. The van der Waals surface area contributed by atoms with Gasteiger partial charge in [0.05, 0.1) is 17.4 Å². The maximum atomic E-state index is 13.1. The largest absolute Gasteiger partial charge is 0.339 e. The maximum absolute atomic E-state index is 13.1. The highest BCUT2D eigenvalue weighted by molar-refractivity contribution is 6.33. The molecule has 6 heteroatoms. The molecule has 0 spiro atoms. The lowest BCUT2D eigenvalue weighted by molar-refractivity contribution is 0.0685. The summed E-state index contributed by atoms with van der Waals surface area (Å²) < 4.78 is 0. The van der Waals surface area contributed by atoms with Crippen molar-refractivity contribution in [2.75, 3.05) is 44.3 Å². The van der Waals surface area contributed by atoms with Gasteiger partial charge in [0.25, 0.3) is 5.91 Å². The molecule has 1 aromatic rings. The summed E-state index contributed by atoms with van der Waals surface area (Å²) in [4.78, 5) is 17.2. The number of halogens is 1. The summed E-state index contributed by atoms with van der Waals surface area (Å²) in [5.74, 6) is 1.84. The SMILES string of the molecule is O=C(c1ccc(Cl)c(N2C=CCNC2)c1)N1CCC(CCCC2CCNCC2)CC1. The molecule has 3 heterocycles. The van der Waals surface area contributed by atoms with Crippen molar-refractivity contribution in [2.45, 2.75) is 44.9 Å². The Morgan fingerprint density at radius 2 is 1.77 bits per heavy atom. The van der Waals surface area contributed by atoms with Crippen LogP contribution < -0.4 is 15.5 Å². The molecule has 0 aliphatic carbocycles. The summed E-state index contributed by atoms with van der Waals surface area (Å²) in [6.45, 7) is 5.71. The lowest BCUT2D eigenvalue weighted by Gasteiger charge is -2.33. The number of benzene rings is 1. The zero-order valence-corrected chi connectivity index (χ0v) is 18.7. The normalized spacial score (nSPS) is 21.2. The predicted molar refractivity (Wildman–Crippen MR) is 124 cm³/mol. The number of amides is 1. The standard InChI is InChI=1S/C24H35ClN4O/c25-22-6-5-21(17-23(22)29-14-2-11-27-18-29)24(30)28-15-9-20(10-16-28)4-1-3-19-7-12-26-13-8-19/h2,5-6,14,17,19-20,26-27H,1,3-4,7-13,15-16,18H2. The number of carbonyl (C=O) groups is 1. The van der Waals surface area contributed by atoms with Gasteiger partial charge in [0.2, 0.25) is 0 Å². The summed E-state index contributed by atoms with van der Waals surface area (Å²) in [6.07, 6.45) is 13.1. The van der Waals surface area contributed by atoms with Gasteiger partial charge in [0.15, 0.2) is 0 Å². The van der Waals surface area contributed by atoms with Gasteiger partial charge in [-0.3, -0.25) is 10.1 Å². The van der Waals surface area contributed by atoms with Crippen LogP contribution in [0.2, 0.25) is 5.02 Å². The van der Waals surface area contributed by atoms with Crippen LogP contribution in [0.4, 0.5) is 5.69 Å². The molecule has 1 amide bonds. The molecule has 1 aromatic carbocycles. The van der Waals surface area contributed by atoms with Crippen LogP contribution in [0.5, 0.6) is 0 Å². The number of likely N-dealkylation sites (tertiary alicyclic amines) is 1. The van der Waals surface area contributed by atoms with E-state index in [1.165, 1.54) is 45.2 Å². The molecule has 0 aromatic heterocycles. The third-order valence-electron chi connectivity index (χ3n) is 6.92. The predicted octanol–water partition coefficient (Wildman–Crippen LogP) is 4.24. The molecule has 4 rings (SSSR count). The third kappa shape index (κ3) is 5.57. The fourth-order valence-corrected chi connectivity index (χ4v) is 5.23.